The van der Waals surface area contributed by atoms with Gasteiger partial charge < -0.3 is 19.7 Å². The highest BCUT2D eigenvalue weighted by molar-refractivity contribution is 7.99. The summed E-state index contributed by atoms with van der Waals surface area (Å²) >= 11 is 1.81. The first-order chi connectivity index (χ1) is 37.3. The third-order valence-corrected chi connectivity index (χ3v) is 17.0. The lowest BCUT2D eigenvalue weighted by Gasteiger charge is -2.12. The third kappa shape index (κ3) is 13.3. The number of benzene rings is 5. The fourth-order valence-electron chi connectivity index (χ4n) is 7.87. The molecule has 414 valence electrons. The zero-order valence-corrected chi connectivity index (χ0v) is 46.3. The van der Waals surface area contributed by atoms with Gasteiger partial charge in [0.25, 0.3) is 40.5 Å². The number of hydrogen-bond acceptors (Lipinski definition) is 23. The summed E-state index contributed by atoms with van der Waals surface area (Å²) < 4.78 is 148. The minimum atomic E-state index is -4.99. The maximum atomic E-state index is 12.7. The van der Waals surface area contributed by atoms with Crippen molar-refractivity contribution in [2.24, 2.45) is 30.7 Å². The third-order valence-electron chi connectivity index (χ3n) is 11.6. The number of aromatic nitrogens is 3. The molecule has 79 heavy (non-hydrogen) atoms. The standard InChI is InChI=1S/C47H44N10O16S6/c1-4-11-72-38-19-28(78(66,67)68)18-30-29(38)20-41(79(69,70)71)43-44(30)75-47(50-43)56-52-34-22-40(74-13-8-15-77(63,64)65)36(17-27(34)24-58)54-51-33-21-39(73-12-7-14-76(60,61)62)35(16-25(33)2)53-55-42-26(3)31(23-48)45-49-32-9-5-6-10-37(32)57(45)46(42)59/h5-6,9-10,16-22,58-59H,4,7-8,11-15,24H2,1-3H3,(H,60,61,62)(H,63,64,65)(H,66,67,68)(H,69,70,71). The lowest BCUT2D eigenvalue weighted by atomic mass is 10.1. The van der Waals surface area contributed by atoms with Crippen molar-refractivity contribution >= 4 is 135 Å². The summed E-state index contributed by atoms with van der Waals surface area (Å²) in [6.07, 6.45) is 0.279. The summed E-state index contributed by atoms with van der Waals surface area (Å²) in [5, 5.41) is 58.3. The van der Waals surface area contributed by atoms with Crippen molar-refractivity contribution in [3.05, 3.63) is 89.0 Å². The van der Waals surface area contributed by atoms with Gasteiger partial charge in [0.1, 0.15) is 39.2 Å². The number of aryl methyl sites for hydroxylation is 1. The number of fused-ring (bicyclic) bond motifs is 6. The molecule has 3 heterocycles. The Morgan fingerprint density at radius 3 is 2.10 bits per heavy atom. The van der Waals surface area contributed by atoms with Crippen LogP contribution in [-0.2, 0) is 47.1 Å². The number of para-hydroxylation sites is 2. The summed E-state index contributed by atoms with van der Waals surface area (Å²) in [6.45, 7) is 4.12. The van der Waals surface area contributed by atoms with E-state index in [1.54, 1.807) is 45.0 Å². The maximum absolute atomic E-state index is 12.7. The first kappa shape index (κ1) is 58.0. The Labute approximate surface area is 458 Å². The maximum Gasteiger partial charge on any atom is 0.296 e. The monoisotopic (exact) mass is 1200 g/mol. The van der Waals surface area contributed by atoms with Gasteiger partial charge in [-0.3, -0.25) is 22.6 Å². The van der Waals surface area contributed by atoms with Crippen LogP contribution in [0.3, 0.4) is 0 Å². The second-order valence-electron chi connectivity index (χ2n) is 17.2. The van der Waals surface area contributed by atoms with E-state index in [4.69, 9.17) is 9.47 Å². The van der Waals surface area contributed by atoms with Gasteiger partial charge in [-0.05, 0) is 86.9 Å². The highest BCUT2D eigenvalue weighted by atomic mass is 32.2. The lowest BCUT2D eigenvalue weighted by Crippen LogP contribution is -2.08. The number of pyridine rings is 1. The molecule has 6 N–H and O–H groups in total. The molecule has 0 aliphatic rings. The van der Waals surface area contributed by atoms with Crippen molar-refractivity contribution in [2.45, 2.75) is 61.3 Å². The number of imidazole rings is 1. The van der Waals surface area contributed by atoms with Crippen molar-refractivity contribution in [2.75, 3.05) is 30.5 Å². The van der Waals surface area contributed by atoms with Gasteiger partial charge in [-0.1, -0.05) is 30.4 Å². The van der Waals surface area contributed by atoms with Crippen LogP contribution in [0.15, 0.2) is 112 Å². The summed E-state index contributed by atoms with van der Waals surface area (Å²) in [6, 6.07) is 17.9. The molecular formula is C47H44N10O16S6. The van der Waals surface area contributed by atoms with E-state index in [-0.39, 0.29) is 126 Å². The predicted octanol–water partition coefficient (Wildman–Crippen LogP) is 10.5. The van der Waals surface area contributed by atoms with Crippen LogP contribution in [0.25, 0.3) is 37.7 Å². The number of ether oxygens (including phenoxy) is 2. The topological polar surface area (TPSA) is 405 Å². The molecule has 0 spiro atoms. The Morgan fingerprint density at radius 2 is 1.42 bits per heavy atom. The van der Waals surface area contributed by atoms with Gasteiger partial charge in [0.2, 0.25) is 11.0 Å². The van der Waals surface area contributed by atoms with Crippen LogP contribution in [0, 0.1) is 25.2 Å². The largest absolute Gasteiger partial charge is 0.493 e. The number of aromatic hydroxyl groups is 1. The SMILES string of the molecule is CCCOc1cc(S(=O)(=O)O)cc2c1cc(S(=O)(=O)O)c1nc(N=Nc3cc(SCCCS(=O)(=O)O)c(N=Nc4cc(OCCCS(=O)(=O)O)c(N=Nc5c(C)c(C#N)c6nc7ccccc7n6c5O)cc4C)cc3CO)sc12. The molecule has 5 aromatic carbocycles. The summed E-state index contributed by atoms with van der Waals surface area (Å²) in [5.74, 6) is -1.62. The van der Waals surface area contributed by atoms with Crippen molar-refractivity contribution < 1.29 is 71.6 Å². The van der Waals surface area contributed by atoms with Crippen molar-refractivity contribution in [1.29, 1.82) is 5.26 Å². The van der Waals surface area contributed by atoms with Crippen LogP contribution < -0.4 is 9.47 Å². The second-order valence-corrected chi connectivity index (χ2v) is 25.3. The highest BCUT2D eigenvalue weighted by Gasteiger charge is 2.26. The molecule has 8 aromatic rings. The second kappa shape index (κ2) is 23.3. The van der Waals surface area contributed by atoms with Gasteiger partial charge in [0, 0.05) is 38.9 Å². The molecule has 32 heteroatoms. The van der Waals surface area contributed by atoms with E-state index in [0.717, 1.165) is 41.3 Å². The molecule has 0 radical (unpaired) electrons. The van der Waals surface area contributed by atoms with Crippen LogP contribution >= 0.6 is 23.1 Å². The molecule has 0 bridgehead atoms. The molecule has 0 fully saturated rings. The molecule has 0 amide bonds. The number of nitriles is 1. The Kier molecular flexibility index (Phi) is 17.1. The predicted molar refractivity (Wildman–Crippen MR) is 291 cm³/mol. The highest BCUT2D eigenvalue weighted by Crippen LogP contribution is 2.45. The normalized spacial score (nSPS) is 12.8. The van der Waals surface area contributed by atoms with Crippen LogP contribution in [0.1, 0.15) is 48.4 Å². The van der Waals surface area contributed by atoms with Gasteiger partial charge in [-0.2, -0.15) is 44.0 Å². The van der Waals surface area contributed by atoms with Crippen LogP contribution in [0.4, 0.5) is 33.6 Å². The Balaban J connectivity index is 1.19. The fourth-order valence-corrected chi connectivity index (χ4v) is 12.2. The quantitative estimate of drug-likeness (QED) is 0.0159. The summed E-state index contributed by atoms with van der Waals surface area (Å²) in [4.78, 5) is 7.85. The van der Waals surface area contributed by atoms with Crippen LogP contribution in [-0.4, -0.2) is 107 Å². The molecule has 0 aliphatic carbocycles. The fraction of sp³-hybridized carbons (Fsp3) is 0.255. The smallest absolute Gasteiger partial charge is 0.296 e. The van der Waals surface area contributed by atoms with E-state index >= 15 is 0 Å². The van der Waals surface area contributed by atoms with Crippen molar-refractivity contribution in [1.82, 2.24) is 14.4 Å². The Hall–Kier alpha value is -7.16. The minimum Gasteiger partial charge on any atom is -0.493 e. The zero-order valence-electron chi connectivity index (χ0n) is 41.4. The lowest BCUT2D eigenvalue weighted by molar-refractivity contribution is 0.282. The number of aliphatic hydroxyl groups excluding tert-OH is 1. The van der Waals surface area contributed by atoms with E-state index in [0.29, 0.717) is 27.9 Å². The Morgan fingerprint density at radius 1 is 0.734 bits per heavy atom. The molecule has 8 rings (SSSR count). The van der Waals surface area contributed by atoms with E-state index in [1.807, 2.05) is 0 Å². The van der Waals surface area contributed by atoms with E-state index < -0.39 is 68.4 Å². The average Bonchev–Trinajstić information content (AvgIpc) is 4.13. The Bertz CT molecular complexity index is 4370. The number of azo groups is 3. The van der Waals surface area contributed by atoms with Crippen LogP contribution in [0.5, 0.6) is 17.4 Å². The number of thiazole rings is 1. The molecule has 0 saturated carbocycles. The number of aliphatic hydroxyl groups is 1. The molecule has 0 unspecified atom stereocenters. The zero-order chi connectivity index (χ0) is 57.2. The number of nitrogens with zero attached hydrogens (tertiary/aromatic N) is 10. The molecule has 0 saturated heterocycles. The van der Waals surface area contributed by atoms with E-state index in [2.05, 4.69) is 46.7 Å². The molecule has 26 nitrogen and oxygen atoms in total. The van der Waals surface area contributed by atoms with Crippen molar-refractivity contribution in [3.8, 4) is 23.4 Å². The molecule has 0 aliphatic heterocycles. The van der Waals surface area contributed by atoms with Gasteiger partial charge >= 0.3 is 0 Å². The van der Waals surface area contributed by atoms with Gasteiger partial charge in [-0.25, -0.2) is 9.97 Å². The number of thioether (sulfide) groups is 1. The average molecular weight is 1200 g/mol. The van der Waals surface area contributed by atoms with Crippen LogP contribution in [0.2, 0.25) is 0 Å². The number of hydrogen-bond donors (Lipinski definition) is 6. The van der Waals surface area contributed by atoms with Gasteiger partial charge in [0.05, 0.1) is 69.0 Å². The van der Waals surface area contributed by atoms with Crippen molar-refractivity contribution in [3.63, 3.8) is 0 Å². The summed E-state index contributed by atoms with van der Waals surface area (Å²) in [5.41, 5.74) is 2.08. The molecular weight excluding hydrogens is 1150 g/mol. The first-order valence-corrected chi connectivity index (χ1v) is 31.0. The summed E-state index contributed by atoms with van der Waals surface area (Å²) in [7, 11) is -18.5. The molecule has 0 atom stereocenters. The molecule has 3 aromatic heterocycles. The van der Waals surface area contributed by atoms with E-state index in [1.165, 1.54) is 28.7 Å². The van der Waals surface area contributed by atoms with Gasteiger partial charge in [-0.15, -0.1) is 37.3 Å². The van der Waals surface area contributed by atoms with E-state index in [9.17, 15) is 67.4 Å². The van der Waals surface area contributed by atoms with Gasteiger partial charge in [0.15, 0.2) is 11.3 Å². The first-order valence-electron chi connectivity index (χ1n) is 23.1. The minimum absolute atomic E-state index is 0.00671. The number of rotatable bonds is 22.